The van der Waals surface area contributed by atoms with Gasteiger partial charge in [-0.1, -0.05) is 62.3 Å². The van der Waals surface area contributed by atoms with Crippen molar-refractivity contribution in [3.8, 4) is 0 Å². The average Bonchev–Trinajstić information content (AvgIpc) is 2.89. The Bertz CT molecular complexity index is 920. The molecule has 4 atom stereocenters. The van der Waals surface area contributed by atoms with Crippen LogP contribution in [0, 0.1) is 29.1 Å². The van der Waals surface area contributed by atoms with E-state index in [9.17, 15) is 19.2 Å². The van der Waals surface area contributed by atoms with Crippen LogP contribution in [0.25, 0.3) is 0 Å². The van der Waals surface area contributed by atoms with Crippen LogP contribution in [0.2, 0.25) is 0 Å². The van der Waals surface area contributed by atoms with Gasteiger partial charge < -0.3 is 4.79 Å². The molecule has 0 aromatic rings. The molecule has 4 aliphatic carbocycles. The van der Waals surface area contributed by atoms with E-state index in [1.807, 2.05) is 19.9 Å². The van der Waals surface area contributed by atoms with Gasteiger partial charge in [0, 0.05) is 6.42 Å². The van der Waals surface area contributed by atoms with Gasteiger partial charge >= 0.3 is 0 Å². The molecular weight excluding hydrogens is 484 g/mol. The summed E-state index contributed by atoms with van der Waals surface area (Å²) >= 11 is 0. The molecule has 4 nitrogen and oxygen atoms in total. The summed E-state index contributed by atoms with van der Waals surface area (Å²) < 4.78 is 0. The summed E-state index contributed by atoms with van der Waals surface area (Å²) in [6, 6.07) is 0. The Balaban J connectivity index is 0.000000505. The van der Waals surface area contributed by atoms with Crippen molar-refractivity contribution in [3.05, 3.63) is 58.7 Å². The number of fused-ring (bicyclic) bond motifs is 1. The van der Waals surface area contributed by atoms with Crippen LogP contribution in [0.5, 0.6) is 0 Å². The first-order chi connectivity index (χ1) is 18.3. The molecule has 0 amide bonds. The van der Waals surface area contributed by atoms with Crippen molar-refractivity contribution >= 4 is 25.1 Å². The average molecular weight is 539 g/mol. The largest absolute Gasteiger partial charge is 0.303 e. The van der Waals surface area contributed by atoms with E-state index < -0.39 is 0 Å². The Morgan fingerprint density at radius 3 is 2.00 bits per heavy atom. The number of rotatable bonds is 9. The quantitative estimate of drug-likeness (QED) is 0.167. The molecule has 39 heavy (non-hydrogen) atoms. The number of aldehydes is 4. The Kier molecular flexibility index (Phi) is 18.1. The van der Waals surface area contributed by atoms with Crippen molar-refractivity contribution < 1.29 is 19.2 Å². The molecule has 0 N–H and O–H groups in total. The van der Waals surface area contributed by atoms with Crippen LogP contribution >= 0.6 is 0 Å². The topological polar surface area (TPSA) is 68.3 Å². The zero-order valence-corrected chi connectivity index (χ0v) is 25.9. The van der Waals surface area contributed by atoms with Crippen LogP contribution in [0.15, 0.2) is 58.7 Å². The van der Waals surface area contributed by atoms with Gasteiger partial charge in [0.2, 0.25) is 0 Å². The zero-order valence-electron chi connectivity index (χ0n) is 25.9. The second-order valence-electron chi connectivity index (χ2n) is 12.3. The number of carbonyl (C=O) groups excluding carboxylic acids is 4. The third-order valence-electron chi connectivity index (χ3n) is 8.05. The lowest BCUT2D eigenvalue weighted by atomic mass is 9.49. The molecular formula is C35H54O4. The summed E-state index contributed by atoms with van der Waals surface area (Å²) in [6.07, 6.45) is 20.1. The Morgan fingerprint density at radius 2 is 1.67 bits per heavy atom. The Hall–Kier alpha value is -2.62. The molecule has 0 aromatic carbocycles. The fourth-order valence-corrected chi connectivity index (χ4v) is 5.02. The highest BCUT2D eigenvalue weighted by Gasteiger charge is 2.50. The van der Waals surface area contributed by atoms with Crippen molar-refractivity contribution in [1.29, 1.82) is 0 Å². The molecule has 0 aromatic heterocycles. The van der Waals surface area contributed by atoms with E-state index in [-0.39, 0.29) is 0 Å². The van der Waals surface area contributed by atoms with Crippen LogP contribution in [0.3, 0.4) is 0 Å². The second-order valence-corrected chi connectivity index (χ2v) is 12.3. The van der Waals surface area contributed by atoms with E-state index in [1.165, 1.54) is 23.6 Å². The van der Waals surface area contributed by atoms with Crippen LogP contribution in [-0.2, 0) is 19.2 Å². The molecule has 4 rings (SSSR count). The highest BCUT2D eigenvalue weighted by molar-refractivity contribution is 5.75. The maximum atomic E-state index is 10.6. The summed E-state index contributed by atoms with van der Waals surface area (Å²) in [7, 11) is 0. The number of hydrogen-bond acceptors (Lipinski definition) is 4. The van der Waals surface area contributed by atoms with Crippen molar-refractivity contribution in [2.24, 2.45) is 29.1 Å². The minimum atomic E-state index is 0.408. The predicted molar refractivity (Wildman–Crippen MR) is 164 cm³/mol. The van der Waals surface area contributed by atoms with E-state index in [1.54, 1.807) is 0 Å². The first kappa shape index (κ1) is 36.4. The van der Waals surface area contributed by atoms with Crippen LogP contribution in [0.1, 0.15) is 107 Å². The summed E-state index contributed by atoms with van der Waals surface area (Å²) in [5.74, 6) is 2.57. The molecule has 4 heteroatoms. The normalized spacial score (nSPS) is 22.3. The Labute approximate surface area is 238 Å². The van der Waals surface area contributed by atoms with Crippen LogP contribution in [0.4, 0.5) is 0 Å². The van der Waals surface area contributed by atoms with Crippen molar-refractivity contribution in [1.82, 2.24) is 0 Å². The third-order valence-corrected chi connectivity index (χ3v) is 8.05. The van der Waals surface area contributed by atoms with E-state index in [4.69, 9.17) is 0 Å². The van der Waals surface area contributed by atoms with E-state index in [0.29, 0.717) is 29.6 Å². The van der Waals surface area contributed by atoms with Gasteiger partial charge in [-0.15, -0.1) is 0 Å². The summed E-state index contributed by atoms with van der Waals surface area (Å²) in [5.41, 5.74) is 6.07. The molecule has 0 radical (unpaired) electrons. The lowest BCUT2D eigenvalue weighted by molar-refractivity contribution is -0.109. The maximum absolute atomic E-state index is 10.6. The smallest absolute Gasteiger partial charge is 0.146 e. The summed E-state index contributed by atoms with van der Waals surface area (Å²) in [4.78, 5) is 40.6. The van der Waals surface area contributed by atoms with Crippen molar-refractivity contribution in [2.45, 2.75) is 107 Å². The van der Waals surface area contributed by atoms with Crippen molar-refractivity contribution in [3.63, 3.8) is 0 Å². The highest BCUT2D eigenvalue weighted by Crippen LogP contribution is 2.58. The molecule has 0 spiro atoms. The van der Waals surface area contributed by atoms with Gasteiger partial charge in [-0.25, -0.2) is 0 Å². The van der Waals surface area contributed by atoms with E-state index >= 15 is 0 Å². The van der Waals surface area contributed by atoms with Crippen LogP contribution < -0.4 is 0 Å². The molecule has 0 heterocycles. The lowest BCUT2D eigenvalue weighted by Crippen LogP contribution is -2.48. The van der Waals surface area contributed by atoms with Crippen molar-refractivity contribution in [2.75, 3.05) is 0 Å². The molecule has 0 unspecified atom stereocenters. The monoisotopic (exact) mass is 538 g/mol. The third kappa shape index (κ3) is 14.4. The van der Waals surface area contributed by atoms with Gasteiger partial charge in [0.1, 0.15) is 25.1 Å². The fourth-order valence-electron chi connectivity index (χ4n) is 5.02. The molecule has 4 aliphatic rings. The molecule has 0 saturated heterocycles. The first-order valence-electron chi connectivity index (χ1n) is 14.4. The number of allylic oxidation sites excluding steroid dienone is 9. The van der Waals surface area contributed by atoms with Gasteiger partial charge in [0.15, 0.2) is 0 Å². The van der Waals surface area contributed by atoms with Gasteiger partial charge in [0.05, 0.1) is 0 Å². The highest BCUT2D eigenvalue weighted by atomic mass is 16.1. The maximum Gasteiger partial charge on any atom is 0.146 e. The molecule has 0 aliphatic heterocycles. The lowest BCUT2D eigenvalue weighted by Gasteiger charge is -2.55. The van der Waals surface area contributed by atoms with Gasteiger partial charge in [-0.3, -0.25) is 14.4 Å². The molecule has 1 fully saturated rings. The molecule has 218 valence electrons. The standard InChI is InChI=1S/2C10H14O.C10H18O.C5H8O/c1-10(2)8-4-3-7(6-11)9(10)5-8;1-8(2)10-5-3-9(7-11)4-6-10;1-9(2)5-4-6-10(3)7-8-11;1-5(2)3-4-6/h3,6,8-9H,4-5H2,1-2H3;3,7,10H,1,4-6H2,2H3;5,8,10H,4,6-7H2,1-3H3;3-4H,1-2H3/t8-,9-;2*10-;/m001./s1. The van der Waals surface area contributed by atoms with Crippen LogP contribution in [-0.4, -0.2) is 25.1 Å². The van der Waals surface area contributed by atoms with Gasteiger partial charge in [0.25, 0.3) is 0 Å². The minimum absolute atomic E-state index is 0.408. The minimum Gasteiger partial charge on any atom is -0.303 e. The van der Waals surface area contributed by atoms with Gasteiger partial charge in [-0.2, -0.15) is 0 Å². The van der Waals surface area contributed by atoms with E-state index in [0.717, 1.165) is 86.3 Å². The SMILES string of the molecule is C=C(C)[C@H]1CC=C(C=O)CC1.CC(C)=CC=O.CC(C)=CCC[C@@H](C)CC=O.CC1(C)[C@H]2CC=C(C=O)[C@@H]1C2. The number of carbonyl (C=O) groups is 4. The molecule has 2 bridgehead atoms. The zero-order chi connectivity index (χ0) is 30.0. The predicted octanol–water partition coefficient (Wildman–Crippen LogP) is 8.78. The van der Waals surface area contributed by atoms with Gasteiger partial charge in [-0.05, 0) is 126 Å². The second kappa shape index (κ2) is 19.4. The number of hydrogen-bond donors (Lipinski definition) is 0. The summed E-state index contributed by atoms with van der Waals surface area (Å²) in [5, 5.41) is 0. The molecule has 1 saturated carbocycles. The first-order valence-corrected chi connectivity index (χ1v) is 14.4. The van der Waals surface area contributed by atoms with E-state index in [2.05, 4.69) is 60.3 Å². The Morgan fingerprint density at radius 1 is 1.00 bits per heavy atom. The summed E-state index contributed by atoms with van der Waals surface area (Å²) in [6.45, 7) is 20.6. The fraction of sp³-hybridized carbons (Fsp3) is 0.600.